The fraction of sp³-hybridized carbons (Fsp3) is 0.300. The summed E-state index contributed by atoms with van der Waals surface area (Å²) in [7, 11) is 0. The van der Waals surface area contributed by atoms with Crippen LogP contribution in [0, 0.1) is 5.82 Å². The van der Waals surface area contributed by atoms with Crippen LogP contribution in [0.5, 0.6) is 0 Å². The first kappa shape index (κ1) is 21.8. The maximum atomic E-state index is 14.1. The molecule has 0 unspecified atom stereocenters. The summed E-state index contributed by atoms with van der Waals surface area (Å²) in [5.41, 5.74) is 10.2. The molecule has 154 valence electrons. The van der Waals surface area contributed by atoms with E-state index < -0.39 is 0 Å². The van der Waals surface area contributed by atoms with Gasteiger partial charge in [-0.05, 0) is 48.5 Å². The fourth-order valence-corrected chi connectivity index (χ4v) is 3.89. The van der Waals surface area contributed by atoms with E-state index in [1.165, 1.54) is 6.07 Å². The molecule has 0 saturated carbocycles. The molecule has 3 rings (SSSR count). The van der Waals surface area contributed by atoms with Crippen molar-refractivity contribution in [2.24, 2.45) is 10.8 Å². The number of hydrogen-bond donors (Lipinski definition) is 2. The van der Waals surface area contributed by atoms with Crippen LogP contribution >= 0.6 is 35.4 Å². The maximum absolute atomic E-state index is 14.1. The van der Waals surface area contributed by atoms with Crippen LogP contribution in [0.3, 0.4) is 0 Å². The van der Waals surface area contributed by atoms with E-state index >= 15 is 0 Å². The monoisotopic (exact) mass is 453 g/mol. The number of hydrogen-bond acceptors (Lipinski definition) is 4. The average Bonchev–Trinajstić information content (AvgIpc) is 2.90. The Labute approximate surface area is 185 Å². The van der Waals surface area contributed by atoms with Crippen LogP contribution < -0.4 is 16.1 Å². The first-order valence-electron chi connectivity index (χ1n) is 9.22. The van der Waals surface area contributed by atoms with Crippen LogP contribution in [0.1, 0.15) is 17.5 Å². The zero-order valence-electron chi connectivity index (χ0n) is 15.7. The molecule has 2 aromatic rings. The van der Waals surface area contributed by atoms with Gasteiger partial charge in [0, 0.05) is 43.3 Å². The van der Waals surface area contributed by atoms with Crippen molar-refractivity contribution in [3.05, 3.63) is 63.4 Å². The number of hydrazone groups is 1. The summed E-state index contributed by atoms with van der Waals surface area (Å²) in [5.74, 6) is -0.260. The molecule has 1 fully saturated rings. The number of nitrogens with two attached hydrogens (primary N) is 1. The van der Waals surface area contributed by atoms with Gasteiger partial charge in [-0.25, -0.2) is 4.39 Å². The molecular formula is C20H22Cl2FN5S. The minimum Gasteiger partial charge on any atom is -0.375 e. The predicted molar refractivity (Wildman–Crippen MR) is 122 cm³/mol. The number of nitrogens with zero attached hydrogens (tertiary/aromatic N) is 3. The lowest BCUT2D eigenvalue weighted by atomic mass is 10.2. The largest absolute Gasteiger partial charge is 0.375 e. The van der Waals surface area contributed by atoms with Crippen molar-refractivity contribution in [1.29, 1.82) is 0 Å². The van der Waals surface area contributed by atoms with Crippen LogP contribution in [0.2, 0.25) is 10.0 Å². The minimum absolute atomic E-state index is 0.106. The zero-order chi connectivity index (χ0) is 20.8. The maximum Gasteiger partial charge on any atom is 0.184 e. The highest BCUT2D eigenvalue weighted by Gasteiger charge is 2.19. The van der Waals surface area contributed by atoms with Gasteiger partial charge >= 0.3 is 0 Å². The fourth-order valence-electron chi connectivity index (χ4n) is 3.31. The smallest absolute Gasteiger partial charge is 0.184 e. The lowest BCUT2D eigenvalue weighted by molar-refractivity contribution is 0.281. The van der Waals surface area contributed by atoms with Crippen LogP contribution in [0.25, 0.3) is 0 Å². The van der Waals surface area contributed by atoms with Gasteiger partial charge < -0.3 is 10.6 Å². The Hall–Kier alpha value is -1.93. The van der Waals surface area contributed by atoms with Gasteiger partial charge in [0.25, 0.3) is 0 Å². The van der Waals surface area contributed by atoms with E-state index in [1.807, 2.05) is 18.2 Å². The molecule has 9 heteroatoms. The third kappa shape index (κ3) is 6.02. The molecule has 0 aliphatic carbocycles. The van der Waals surface area contributed by atoms with Gasteiger partial charge in [0.15, 0.2) is 5.11 Å². The summed E-state index contributed by atoms with van der Waals surface area (Å²) < 4.78 is 14.1. The highest BCUT2D eigenvalue weighted by atomic mass is 35.5. The molecule has 0 bridgehead atoms. The molecule has 3 N–H and O–H groups in total. The minimum atomic E-state index is -0.260. The van der Waals surface area contributed by atoms with E-state index in [2.05, 4.69) is 20.3 Å². The second kappa shape index (κ2) is 10.2. The number of thiocarbonyl (C=S) groups is 1. The normalized spacial score (nSPS) is 15.5. The SMILES string of the molecule is NC(=S)N/N=C/c1ccc(N2CCCN(Cc3c(F)cccc3Cl)CC2)c(Cl)c1. The second-order valence-electron chi connectivity index (χ2n) is 6.76. The Kier molecular flexibility index (Phi) is 7.66. The Morgan fingerprint density at radius 2 is 2.00 bits per heavy atom. The van der Waals surface area contributed by atoms with Gasteiger partial charge in [0.05, 0.1) is 16.9 Å². The lowest BCUT2D eigenvalue weighted by Gasteiger charge is -2.25. The Balaban J connectivity index is 1.64. The van der Waals surface area contributed by atoms with E-state index in [-0.39, 0.29) is 10.9 Å². The molecule has 5 nitrogen and oxygen atoms in total. The van der Waals surface area contributed by atoms with Crippen molar-refractivity contribution in [1.82, 2.24) is 10.3 Å². The second-order valence-corrected chi connectivity index (χ2v) is 8.02. The van der Waals surface area contributed by atoms with E-state index in [0.717, 1.165) is 43.9 Å². The molecule has 0 atom stereocenters. The predicted octanol–water partition coefficient (Wildman–Crippen LogP) is 4.01. The quantitative estimate of drug-likeness (QED) is 0.406. The van der Waals surface area contributed by atoms with E-state index in [0.29, 0.717) is 22.2 Å². The molecule has 0 spiro atoms. The number of benzene rings is 2. The number of rotatable bonds is 5. The summed E-state index contributed by atoms with van der Waals surface area (Å²) in [6.07, 6.45) is 2.56. The van der Waals surface area contributed by atoms with E-state index in [1.54, 1.807) is 18.3 Å². The first-order chi connectivity index (χ1) is 13.9. The van der Waals surface area contributed by atoms with Gasteiger partial charge in [-0.2, -0.15) is 5.10 Å². The summed E-state index contributed by atoms with van der Waals surface area (Å²) in [5, 5.41) is 5.16. The van der Waals surface area contributed by atoms with Crippen molar-refractivity contribution in [2.75, 3.05) is 31.1 Å². The molecule has 1 aliphatic heterocycles. The van der Waals surface area contributed by atoms with Crippen molar-refractivity contribution in [3.63, 3.8) is 0 Å². The summed E-state index contributed by atoms with van der Waals surface area (Å²) in [6, 6.07) is 10.6. The lowest BCUT2D eigenvalue weighted by Crippen LogP contribution is -2.31. The molecule has 0 amide bonds. The molecule has 2 aromatic carbocycles. The van der Waals surface area contributed by atoms with Gasteiger partial charge in [-0.15, -0.1) is 0 Å². The van der Waals surface area contributed by atoms with Gasteiger partial charge in [0.2, 0.25) is 0 Å². The molecule has 0 aromatic heterocycles. The van der Waals surface area contributed by atoms with Crippen LogP contribution in [0.4, 0.5) is 10.1 Å². The topological polar surface area (TPSA) is 56.9 Å². The van der Waals surface area contributed by atoms with Crippen LogP contribution in [-0.2, 0) is 6.54 Å². The summed E-state index contributed by atoms with van der Waals surface area (Å²) in [6.45, 7) is 3.83. The third-order valence-corrected chi connectivity index (χ3v) is 5.48. The van der Waals surface area contributed by atoms with Gasteiger partial charge in [0.1, 0.15) is 5.82 Å². The molecular weight excluding hydrogens is 432 g/mol. The molecule has 1 aliphatic rings. The van der Waals surface area contributed by atoms with Crippen LogP contribution in [0.15, 0.2) is 41.5 Å². The molecule has 1 saturated heterocycles. The first-order valence-corrected chi connectivity index (χ1v) is 10.4. The van der Waals surface area contributed by atoms with Crippen LogP contribution in [-0.4, -0.2) is 42.4 Å². The molecule has 29 heavy (non-hydrogen) atoms. The standard InChI is InChI=1S/C20H22Cl2FN5S/c21-16-3-1-4-18(23)15(16)13-27-7-2-8-28(10-9-27)19-6-5-14(11-17(19)22)12-25-26-20(24)29/h1,3-6,11-12H,2,7-10,13H2,(H3,24,26,29)/b25-12+. The Bertz CT molecular complexity index is 888. The summed E-state index contributed by atoms with van der Waals surface area (Å²) in [4.78, 5) is 4.47. The summed E-state index contributed by atoms with van der Waals surface area (Å²) >= 11 is 17.4. The van der Waals surface area contributed by atoms with E-state index in [9.17, 15) is 4.39 Å². The van der Waals surface area contributed by atoms with Crippen molar-refractivity contribution in [2.45, 2.75) is 13.0 Å². The number of anilines is 1. The van der Waals surface area contributed by atoms with E-state index in [4.69, 9.17) is 41.2 Å². The Morgan fingerprint density at radius 3 is 2.72 bits per heavy atom. The third-order valence-electron chi connectivity index (χ3n) is 4.73. The van der Waals surface area contributed by atoms with Gasteiger partial charge in [-0.1, -0.05) is 35.3 Å². The van der Waals surface area contributed by atoms with Crippen molar-refractivity contribution < 1.29 is 4.39 Å². The van der Waals surface area contributed by atoms with Crippen molar-refractivity contribution in [3.8, 4) is 0 Å². The average molecular weight is 454 g/mol. The Morgan fingerprint density at radius 1 is 1.17 bits per heavy atom. The zero-order valence-corrected chi connectivity index (χ0v) is 18.1. The molecule has 1 heterocycles. The van der Waals surface area contributed by atoms with Crippen molar-refractivity contribution >= 4 is 52.4 Å². The van der Waals surface area contributed by atoms with Gasteiger partial charge in [-0.3, -0.25) is 10.3 Å². The molecule has 0 radical (unpaired) electrons. The highest BCUT2D eigenvalue weighted by Crippen LogP contribution is 2.28. The number of nitrogens with one attached hydrogen (secondary N) is 1. The number of halogens is 3. The highest BCUT2D eigenvalue weighted by molar-refractivity contribution is 7.80.